The van der Waals surface area contributed by atoms with Gasteiger partial charge in [-0.05, 0) is 65.6 Å². The number of halogens is 1. The van der Waals surface area contributed by atoms with Gasteiger partial charge in [-0.3, -0.25) is 33.7 Å². The number of hydrogen-bond acceptors (Lipinski definition) is 13. The van der Waals surface area contributed by atoms with E-state index in [1.165, 1.54) is 38.1 Å². The molecule has 0 aromatic heterocycles. The Bertz CT molecular complexity index is 2200. The topological polar surface area (TPSA) is 172 Å². The van der Waals surface area contributed by atoms with E-state index in [1.54, 1.807) is 59.5 Å². The third-order valence-corrected chi connectivity index (χ3v) is 11.0. The number of esters is 4. The molecule has 2 aliphatic heterocycles. The Labute approximate surface area is 343 Å². The van der Waals surface area contributed by atoms with Gasteiger partial charge in [-0.1, -0.05) is 66.4 Å². The van der Waals surface area contributed by atoms with Crippen molar-refractivity contribution in [3.63, 3.8) is 0 Å². The molecular weight excluding hydrogens is 786 g/mol. The molecule has 2 fully saturated rings. The van der Waals surface area contributed by atoms with Crippen LogP contribution >= 0.6 is 11.8 Å². The Hall–Kier alpha value is -6.06. The largest absolute Gasteiger partial charge is 0.508 e. The van der Waals surface area contributed by atoms with Crippen molar-refractivity contribution in [2.45, 2.75) is 82.3 Å². The van der Waals surface area contributed by atoms with Gasteiger partial charge in [0, 0.05) is 56.2 Å². The second-order valence-corrected chi connectivity index (χ2v) is 15.2. The van der Waals surface area contributed by atoms with Gasteiger partial charge in [0.1, 0.15) is 30.4 Å². The van der Waals surface area contributed by atoms with Crippen LogP contribution < -0.4 is 4.90 Å². The number of rotatable bonds is 13. The van der Waals surface area contributed by atoms with Crippen molar-refractivity contribution in [3.8, 4) is 16.9 Å². The summed E-state index contributed by atoms with van der Waals surface area (Å²) in [5.74, 6) is -3.55. The van der Waals surface area contributed by atoms with Crippen LogP contribution in [0.25, 0.3) is 11.1 Å². The lowest BCUT2D eigenvalue weighted by Gasteiger charge is -2.44. The van der Waals surface area contributed by atoms with Gasteiger partial charge in [0.25, 0.3) is 5.24 Å². The summed E-state index contributed by atoms with van der Waals surface area (Å²) >= 11 is 1.09. The van der Waals surface area contributed by atoms with Gasteiger partial charge >= 0.3 is 23.9 Å². The molecule has 0 radical (unpaired) electrons. The first-order valence-electron chi connectivity index (χ1n) is 18.8. The smallest absolute Gasteiger partial charge is 0.303 e. The molecule has 2 aliphatic rings. The quantitative estimate of drug-likeness (QED) is 0.0802. The van der Waals surface area contributed by atoms with Crippen LogP contribution in [0.1, 0.15) is 74.2 Å². The standard InChI is InChI=1S/C44H42FNO12S/c1-24(47)54-23-37-41(55-25(2)48)43(57-27(4)50)42(56-26(3)49)40(58-37)30-12-10-28(11-13-30)31-16-19-34(36(52)22-31)39-38(21-20-35(51)29-14-17-32(45)18-15-29)59-44(53)46(39)33-8-6-5-7-9-33/h5-19,22,37-43,52H,20-21,23H2,1-4H3/t37-,38-,39-,40?,41-,42+,43+/m1/s1. The number of phenols is 1. The van der Waals surface area contributed by atoms with Crippen molar-refractivity contribution in [3.05, 3.63) is 120 Å². The molecule has 13 nitrogen and oxygen atoms in total. The summed E-state index contributed by atoms with van der Waals surface area (Å²) in [6, 6.07) is 25.7. The van der Waals surface area contributed by atoms with E-state index in [0.29, 0.717) is 39.9 Å². The third kappa shape index (κ3) is 10.2. The minimum Gasteiger partial charge on any atom is -0.508 e. The van der Waals surface area contributed by atoms with Crippen LogP contribution in [0.3, 0.4) is 0 Å². The van der Waals surface area contributed by atoms with E-state index < -0.39 is 71.5 Å². The molecule has 1 N–H and O–H groups in total. The highest BCUT2D eigenvalue weighted by molar-refractivity contribution is 8.14. The molecule has 4 aromatic carbocycles. The Morgan fingerprint density at radius 1 is 0.746 bits per heavy atom. The van der Waals surface area contributed by atoms with Crippen molar-refractivity contribution < 1.29 is 61.9 Å². The lowest BCUT2D eigenvalue weighted by atomic mass is 9.89. The summed E-state index contributed by atoms with van der Waals surface area (Å²) in [5.41, 5.74) is 3.23. The summed E-state index contributed by atoms with van der Waals surface area (Å²) in [6.07, 6.45) is -5.68. The average molecular weight is 828 g/mol. The van der Waals surface area contributed by atoms with Crippen molar-refractivity contribution in [1.29, 1.82) is 0 Å². The first-order valence-corrected chi connectivity index (χ1v) is 19.7. The number of thioether (sulfide) groups is 1. The third-order valence-electron chi connectivity index (χ3n) is 9.85. The average Bonchev–Trinajstić information content (AvgIpc) is 3.52. The zero-order valence-corrected chi connectivity index (χ0v) is 33.4. The van der Waals surface area contributed by atoms with Crippen LogP contribution in [0.4, 0.5) is 14.9 Å². The lowest BCUT2D eigenvalue weighted by molar-refractivity contribution is -0.254. The number of ketones is 1. The van der Waals surface area contributed by atoms with Crippen molar-refractivity contribution in [1.82, 2.24) is 0 Å². The maximum atomic E-state index is 13.6. The van der Waals surface area contributed by atoms with E-state index in [1.807, 2.05) is 18.2 Å². The van der Waals surface area contributed by atoms with E-state index in [-0.39, 0.29) is 29.8 Å². The van der Waals surface area contributed by atoms with E-state index in [0.717, 1.165) is 25.6 Å². The Balaban J connectivity index is 1.29. The molecular formula is C44H42FNO12S. The van der Waals surface area contributed by atoms with Gasteiger partial charge in [-0.25, -0.2) is 4.39 Å². The van der Waals surface area contributed by atoms with E-state index in [4.69, 9.17) is 23.7 Å². The number of amides is 1. The summed E-state index contributed by atoms with van der Waals surface area (Å²) in [6.45, 7) is 4.29. The predicted molar refractivity (Wildman–Crippen MR) is 213 cm³/mol. The molecule has 308 valence electrons. The number of hydrogen-bond donors (Lipinski definition) is 1. The molecule has 2 saturated heterocycles. The van der Waals surface area contributed by atoms with Crippen LogP contribution in [0.5, 0.6) is 5.75 Å². The Morgan fingerprint density at radius 2 is 1.36 bits per heavy atom. The number of benzene rings is 4. The van der Waals surface area contributed by atoms with Gasteiger partial charge in [-0.2, -0.15) is 0 Å². The molecule has 0 aliphatic carbocycles. The molecule has 0 bridgehead atoms. The molecule has 6 rings (SSSR count). The number of ether oxygens (including phenoxy) is 5. The second kappa shape index (κ2) is 18.7. The minimum atomic E-state index is -1.33. The van der Waals surface area contributed by atoms with Crippen molar-refractivity contribution in [2.75, 3.05) is 11.5 Å². The fourth-order valence-electron chi connectivity index (χ4n) is 7.33. The fourth-order valence-corrected chi connectivity index (χ4v) is 8.55. The molecule has 0 saturated carbocycles. The summed E-state index contributed by atoms with van der Waals surface area (Å²) in [7, 11) is 0. The molecule has 4 aromatic rings. The lowest BCUT2D eigenvalue weighted by Crippen LogP contribution is -2.59. The van der Waals surface area contributed by atoms with Crippen molar-refractivity contribution in [2.24, 2.45) is 0 Å². The van der Waals surface area contributed by atoms with Gasteiger partial charge in [0.15, 0.2) is 24.1 Å². The number of nitrogens with zero attached hydrogens (tertiary/aromatic N) is 1. The zero-order chi connectivity index (χ0) is 42.4. The summed E-state index contributed by atoms with van der Waals surface area (Å²) in [5, 5.41) is 11.0. The van der Waals surface area contributed by atoms with Crippen molar-refractivity contribution >= 4 is 52.3 Å². The zero-order valence-electron chi connectivity index (χ0n) is 32.6. The monoisotopic (exact) mass is 827 g/mol. The van der Waals surface area contributed by atoms with Crippen LogP contribution in [0.15, 0.2) is 97.1 Å². The van der Waals surface area contributed by atoms with Gasteiger partial charge in [-0.15, -0.1) is 0 Å². The van der Waals surface area contributed by atoms with Crippen LogP contribution in [0.2, 0.25) is 0 Å². The fraction of sp³-hybridized carbons (Fsp3) is 0.318. The summed E-state index contributed by atoms with van der Waals surface area (Å²) < 4.78 is 41.7. The second-order valence-electron chi connectivity index (χ2n) is 14.1. The number of aromatic hydroxyl groups is 1. The minimum absolute atomic E-state index is 0.0812. The maximum Gasteiger partial charge on any atom is 0.303 e. The number of para-hydroxylation sites is 1. The Kier molecular flexibility index (Phi) is 13.5. The first kappa shape index (κ1) is 42.5. The number of carbonyl (C=O) groups excluding carboxylic acids is 6. The number of Topliss-reactive ketones (excluding diaryl/α,β-unsaturated/α-hetero) is 1. The number of carbonyl (C=O) groups is 6. The van der Waals surface area contributed by atoms with Gasteiger partial charge < -0.3 is 28.8 Å². The van der Waals surface area contributed by atoms with Crippen LogP contribution in [-0.2, 0) is 42.9 Å². The maximum absolute atomic E-state index is 13.6. The normalized spacial score (nSPS) is 22.6. The van der Waals surface area contributed by atoms with Gasteiger partial charge in [0.05, 0.1) is 6.04 Å². The highest BCUT2D eigenvalue weighted by Gasteiger charge is 2.52. The molecule has 59 heavy (non-hydrogen) atoms. The van der Waals surface area contributed by atoms with E-state index in [9.17, 15) is 38.3 Å². The number of phenolic OH excluding ortho intramolecular Hbond substituents is 1. The Morgan fingerprint density at radius 3 is 1.97 bits per heavy atom. The number of anilines is 1. The predicted octanol–water partition coefficient (Wildman–Crippen LogP) is 7.44. The van der Waals surface area contributed by atoms with E-state index >= 15 is 0 Å². The van der Waals surface area contributed by atoms with Crippen LogP contribution in [-0.4, -0.2) is 76.3 Å². The molecule has 15 heteroatoms. The first-order chi connectivity index (χ1) is 28.2. The molecule has 1 unspecified atom stereocenters. The highest BCUT2D eigenvalue weighted by atomic mass is 32.2. The highest BCUT2D eigenvalue weighted by Crippen LogP contribution is 2.49. The van der Waals surface area contributed by atoms with Crippen LogP contribution in [0, 0.1) is 5.82 Å². The molecule has 7 atom stereocenters. The molecule has 2 heterocycles. The van der Waals surface area contributed by atoms with Gasteiger partial charge in [0.2, 0.25) is 0 Å². The van der Waals surface area contributed by atoms with E-state index in [2.05, 4.69) is 0 Å². The molecule has 0 spiro atoms. The molecule has 1 amide bonds. The SMILES string of the molecule is CC(=O)OC[C@H]1OC(c2ccc(-c3ccc([C@@H]4[C@@H](CCC(=O)c5ccc(F)cc5)SC(=O)N4c4ccccc4)c(O)c3)cc2)[C@H](OC(C)=O)[C@@H](OC(C)=O)[C@@H]1OC(C)=O. The summed E-state index contributed by atoms with van der Waals surface area (Å²) in [4.78, 5) is 76.8.